The van der Waals surface area contributed by atoms with Gasteiger partial charge in [-0.2, -0.15) is 0 Å². The summed E-state index contributed by atoms with van der Waals surface area (Å²) in [5.74, 6) is 2.24. The Labute approximate surface area is 179 Å². The first-order valence-corrected chi connectivity index (χ1v) is 10.4. The largest absolute Gasteiger partial charge is 0.454 e. The van der Waals surface area contributed by atoms with Crippen molar-refractivity contribution in [2.75, 3.05) is 31.8 Å². The molecule has 2 aliphatic rings. The Bertz CT molecular complexity index is 1070. The molecule has 2 aliphatic heterocycles. The first kappa shape index (κ1) is 20.0. The number of aliphatic hydroxyl groups is 1. The van der Waals surface area contributed by atoms with Gasteiger partial charge in [-0.15, -0.1) is 0 Å². The molecule has 1 fully saturated rings. The Morgan fingerprint density at radius 3 is 2.87 bits per heavy atom. The molecule has 1 aromatic carbocycles. The fourth-order valence-corrected chi connectivity index (χ4v) is 4.01. The minimum Gasteiger partial charge on any atom is -0.454 e. The van der Waals surface area contributed by atoms with E-state index >= 15 is 0 Å². The van der Waals surface area contributed by atoms with Crippen molar-refractivity contribution >= 4 is 17.0 Å². The summed E-state index contributed by atoms with van der Waals surface area (Å²) in [4.78, 5) is 15.6. The zero-order valence-corrected chi connectivity index (χ0v) is 17.6. The van der Waals surface area contributed by atoms with Gasteiger partial charge in [-0.1, -0.05) is 6.07 Å². The quantitative estimate of drug-likeness (QED) is 0.610. The maximum absolute atomic E-state index is 9.82. The van der Waals surface area contributed by atoms with Crippen LogP contribution in [0.15, 0.2) is 30.9 Å². The third-order valence-corrected chi connectivity index (χ3v) is 5.37. The van der Waals surface area contributed by atoms with Gasteiger partial charge >= 0.3 is 0 Å². The predicted octanol–water partition coefficient (Wildman–Crippen LogP) is 1.77. The second-order valence-electron chi connectivity index (χ2n) is 8.12. The Hall–Kier alpha value is -2.95. The van der Waals surface area contributed by atoms with E-state index in [1.54, 1.807) is 6.33 Å². The minimum absolute atomic E-state index is 0.0596. The number of ether oxygens (including phenoxy) is 3. The van der Waals surface area contributed by atoms with Gasteiger partial charge in [0.1, 0.15) is 12.6 Å². The summed E-state index contributed by atoms with van der Waals surface area (Å²) in [6.07, 6.45) is 2.63. The molecular formula is C21H26N6O4. The highest BCUT2D eigenvalue weighted by Crippen LogP contribution is 2.33. The van der Waals surface area contributed by atoms with Crippen LogP contribution in [0.4, 0.5) is 5.82 Å². The van der Waals surface area contributed by atoms with Crippen molar-refractivity contribution in [3.05, 3.63) is 36.4 Å². The number of aliphatic hydroxyl groups excluding tert-OH is 1. The molecule has 2 N–H and O–H groups in total. The molecule has 0 spiro atoms. The summed E-state index contributed by atoms with van der Waals surface area (Å²) in [7, 11) is 0. The highest BCUT2D eigenvalue weighted by molar-refractivity contribution is 5.82. The van der Waals surface area contributed by atoms with Crippen molar-refractivity contribution in [2.45, 2.75) is 38.8 Å². The number of imidazole rings is 1. The second-order valence-corrected chi connectivity index (χ2v) is 8.12. The lowest BCUT2D eigenvalue weighted by Gasteiger charge is -2.37. The minimum atomic E-state index is -0.327. The number of benzene rings is 1. The van der Waals surface area contributed by atoms with Crippen LogP contribution < -0.4 is 14.8 Å². The topological polar surface area (TPSA) is 107 Å². The Kier molecular flexibility index (Phi) is 5.34. The van der Waals surface area contributed by atoms with Crippen LogP contribution in [-0.4, -0.2) is 68.2 Å². The number of hydrogen-bond acceptors (Lipinski definition) is 9. The van der Waals surface area contributed by atoms with Crippen LogP contribution in [0, 0.1) is 0 Å². The van der Waals surface area contributed by atoms with Crippen molar-refractivity contribution in [3.63, 3.8) is 0 Å². The number of fused-ring (bicyclic) bond motifs is 2. The number of anilines is 1. The summed E-state index contributed by atoms with van der Waals surface area (Å²) in [5, 5.41) is 13.1. The number of nitrogens with zero attached hydrogens (tertiary/aromatic N) is 5. The predicted molar refractivity (Wildman–Crippen MR) is 113 cm³/mol. The fourth-order valence-electron chi connectivity index (χ4n) is 4.01. The molecule has 2 aromatic heterocycles. The third-order valence-electron chi connectivity index (χ3n) is 5.37. The van der Waals surface area contributed by atoms with E-state index in [9.17, 15) is 5.11 Å². The molecule has 0 unspecified atom stereocenters. The van der Waals surface area contributed by atoms with Crippen molar-refractivity contribution < 1.29 is 19.3 Å². The first-order valence-electron chi connectivity index (χ1n) is 10.4. The van der Waals surface area contributed by atoms with Crippen molar-refractivity contribution in [2.24, 2.45) is 0 Å². The Morgan fingerprint density at radius 2 is 2.03 bits per heavy atom. The summed E-state index contributed by atoms with van der Waals surface area (Å²) in [5.41, 5.74) is 2.51. The summed E-state index contributed by atoms with van der Waals surface area (Å²) >= 11 is 0. The monoisotopic (exact) mass is 426 g/mol. The average molecular weight is 426 g/mol. The van der Waals surface area contributed by atoms with Gasteiger partial charge in [0.2, 0.25) is 6.79 Å². The van der Waals surface area contributed by atoms with Crippen LogP contribution in [0.1, 0.15) is 25.6 Å². The van der Waals surface area contributed by atoms with Crippen LogP contribution in [-0.2, 0) is 11.3 Å². The van der Waals surface area contributed by atoms with Crippen LogP contribution in [0.2, 0.25) is 0 Å². The summed E-state index contributed by atoms with van der Waals surface area (Å²) in [6, 6.07) is 6.20. The van der Waals surface area contributed by atoms with Crippen molar-refractivity contribution in [1.29, 1.82) is 0 Å². The lowest BCUT2D eigenvalue weighted by atomic mass is 10.1. The van der Waals surface area contributed by atoms with Crippen LogP contribution >= 0.6 is 0 Å². The van der Waals surface area contributed by atoms with E-state index in [1.807, 2.05) is 22.8 Å². The Balaban J connectivity index is 1.39. The summed E-state index contributed by atoms with van der Waals surface area (Å²) in [6.45, 7) is 6.26. The molecule has 164 valence electrons. The molecule has 10 nitrogen and oxygen atoms in total. The molecule has 0 saturated carbocycles. The standard InChI is InChI=1S/C21H26N6O4/c1-13(2)25-20-19-21(23-10-22-20)27(11-24-19)18-8-26(7-15(9-28)31-18)6-14-3-4-16-17(5-14)30-12-29-16/h3-5,10-11,13,15,18,28H,6-9,12H2,1-2H3,(H,22,23,25)/t15-,18+/m0/s1. The lowest BCUT2D eigenvalue weighted by Crippen LogP contribution is -2.46. The van der Waals surface area contributed by atoms with Gasteiger partial charge in [-0.25, -0.2) is 15.0 Å². The van der Waals surface area contributed by atoms with E-state index in [0.29, 0.717) is 36.6 Å². The molecule has 1 saturated heterocycles. The zero-order valence-electron chi connectivity index (χ0n) is 17.6. The van der Waals surface area contributed by atoms with Gasteiger partial charge in [0.05, 0.1) is 19.0 Å². The molecule has 0 radical (unpaired) electrons. The van der Waals surface area contributed by atoms with E-state index < -0.39 is 0 Å². The SMILES string of the molecule is CC(C)Nc1ncnc2c1ncn2[C@H]1CN(Cc2ccc3c(c2)OCO3)C[C@@H](CO)O1. The lowest BCUT2D eigenvalue weighted by molar-refractivity contribution is -0.135. The molecular weight excluding hydrogens is 400 g/mol. The smallest absolute Gasteiger partial charge is 0.231 e. The van der Waals surface area contributed by atoms with Gasteiger partial charge < -0.3 is 24.6 Å². The summed E-state index contributed by atoms with van der Waals surface area (Å²) < 4.78 is 19.0. The van der Waals surface area contributed by atoms with E-state index in [4.69, 9.17) is 14.2 Å². The van der Waals surface area contributed by atoms with Gasteiger partial charge in [-0.3, -0.25) is 9.47 Å². The number of rotatable bonds is 6. The van der Waals surface area contributed by atoms with Gasteiger partial charge in [-0.05, 0) is 31.5 Å². The van der Waals surface area contributed by atoms with E-state index in [2.05, 4.69) is 39.0 Å². The third kappa shape index (κ3) is 4.01. The molecule has 31 heavy (non-hydrogen) atoms. The normalized spacial score (nSPS) is 21.2. The van der Waals surface area contributed by atoms with Crippen LogP contribution in [0.5, 0.6) is 11.5 Å². The van der Waals surface area contributed by atoms with Crippen molar-refractivity contribution in [1.82, 2.24) is 24.4 Å². The second kappa shape index (κ2) is 8.29. The molecule has 5 rings (SSSR count). The average Bonchev–Trinajstić information content (AvgIpc) is 3.40. The number of morpholine rings is 1. The Morgan fingerprint density at radius 1 is 1.16 bits per heavy atom. The number of hydrogen-bond donors (Lipinski definition) is 2. The van der Waals surface area contributed by atoms with E-state index in [-0.39, 0.29) is 31.8 Å². The molecule has 0 aliphatic carbocycles. The molecule has 0 amide bonds. The zero-order chi connectivity index (χ0) is 21.4. The molecule has 4 heterocycles. The number of aromatic nitrogens is 4. The molecule has 3 aromatic rings. The first-order chi connectivity index (χ1) is 15.1. The maximum atomic E-state index is 9.82. The molecule has 2 atom stereocenters. The highest BCUT2D eigenvalue weighted by Gasteiger charge is 2.30. The maximum Gasteiger partial charge on any atom is 0.231 e. The van der Waals surface area contributed by atoms with Gasteiger partial charge in [0.25, 0.3) is 0 Å². The van der Waals surface area contributed by atoms with Gasteiger partial charge in [0, 0.05) is 25.7 Å². The van der Waals surface area contributed by atoms with Crippen LogP contribution in [0.3, 0.4) is 0 Å². The highest BCUT2D eigenvalue weighted by atomic mass is 16.7. The van der Waals surface area contributed by atoms with Gasteiger partial charge in [0.15, 0.2) is 28.5 Å². The number of nitrogens with one attached hydrogen (secondary N) is 1. The van der Waals surface area contributed by atoms with E-state index in [0.717, 1.165) is 17.1 Å². The van der Waals surface area contributed by atoms with E-state index in [1.165, 1.54) is 6.33 Å². The fraction of sp³-hybridized carbons (Fsp3) is 0.476. The van der Waals surface area contributed by atoms with Crippen molar-refractivity contribution in [3.8, 4) is 11.5 Å². The molecule has 10 heteroatoms. The molecule has 0 bridgehead atoms. The van der Waals surface area contributed by atoms with Crippen LogP contribution in [0.25, 0.3) is 11.2 Å².